The molecule has 2 heteroatoms. The van der Waals surface area contributed by atoms with E-state index in [1.807, 2.05) is 18.2 Å². The molecule has 0 atom stereocenters. The summed E-state index contributed by atoms with van der Waals surface area (Å²) in [6.07, 6.45) is 3.06. The SMILES string of the molecule is C=CC(=O)NC(CC)(CC)c1ccccc1. The normalized spacial score (nSPS) is 10.9. The second kappa shape index (κ2) is 5.50. The maximum atomic E-state index is 11.5. The van der Waals surface area contributed by atoms with Crippen LogP contribution in [-0.4, -0.2) is 5.91 Å². The first-order valence-electron chi connectivity index (χ1n) is 5.68. The van der Waals surface area contributed by atoms with Crippen molar-refractivity contribution >= 4 is 5.91 Å². The summed E-state index contributed by atoms with van der Waals surface area (Å²) in [6, 6.07) is 10.1. The molecule has 0 fully saturated rings. The lowest BCUT2D eigenvalue weighted by Gasteiger charge is -2.33. The Morgan fingerprint density at radius 1 is 1.31 bits per heavy atom. The smallest absolute Gasteiger partial charge is 0.244 e. The van der Waals surface area contributed by atoms with E-state index in [2.05, 4.69) is 37.9 Å². The largest absolute Gasteiger partial charge is 0.343 e. The fourth-order valence-electron chi connectivity index (χ4n) is 1.95. The van der Waals surface area contributed by atoms with Gasteiger partial charge in [0, 0.05) is 0 Å². The molecule has 1 aromatic rings. The van der Waals surface area contributed by atoms with Gasteiger partial charge in [0.15, 0.2) is 0 Å². The molecule has 0 radical (unpaired) electrons. The minimum Gasteiger partial charge on any atom is -0.343 e. The average molecular weight is 217 g/mol. The third-order valence-corrected chi connectivity index (χ3v) is 3.08. The summed E-state index contributed by atoms with van der Waals surface area (Å²) in [6.45, 7) is 7.66. The molecule has 1 N–H and O–H groups in total. The summed E-state index contributed by atoms with van der Waals surface area (Å²) in [5, 5.41) is 3.04. The summed E-state index contributed by atoms with van der Waals surface area (Å²) >= 11 is 0. The highest BCUT2D eigenvalue weighted by atomic mass is 16.1. The highest BCUT2D eigenvalue weighted by Gasteiger charge is 2.28. The summed E-state index contributed by atoms with van der Waals surface area (Å²) in [5.74, 6) is -0.118. The van der Waals surface area contributed by atoms with Crippen molar-refractivity contribution in [2.75, 3.05) is 0 Å². The third kappa shape index (κ3) is 2.51. The van der Waals surface area contributed by atoms with E-state index in [9.17, 15) is 4.79 Å². The molecule has 1 amide bonds. The van der Waals surface area contributed by atoms with Gasteiger partial charge < -0.3 is 5.32 Å². The van der Waals surface area contributed by atoms with E-state index in [1.54, 1.807) is 0 Å². The lowest BCUT2D eigenvalue weighted by atomic mass is 9.84. The molecule has 0 aliphatic carbocycles. The summed E-state index contributed by atoms with van der Waals surface area (Å²) in [5.41, 5.74) is 0.877. The van der Waals surface area contributed by atoms with Crippen molar-refractivity contribution in [1.29, 1.82) is 0 Å². The van der Waals surface area contributed by atoms with Crippen molar-refractivity contribution in [1.82, 2.24) is 5.32 Å². The number of nitrogens with one attached hydrogen (secondary N) is 1. The van der Waals surface area contributed by atoms with Crippen LogP contribution in [0.4, 0.5) is 0 Å². The lowest BCUT2D eigenvalue weighted by molar-refractivity contribution is -0.118. The van der Waals surface area contributed by atoms with Crippen LogP contribution in [0.5, 0.6) is 0 Å². The van der Waals surface area contributed by atoms with E-state index in [0.29, 0.717) is 0 Å². The molecular formula is C14H19NO. The molecule has 0 aliphatic heterocycles. The zero-order valence-electron chi connectivity index (χ0n) is 9.99. The van der Waals surface area contributed by atoms with Crippen molar-refractivity contribution < 1.29 is 4.79 Å². The van der Waals surface area contributed by atoms with Crippen molar-refractivity contribution in [2.24, 2.45) is 0 Å². The number of benzene rings is 1. The van der Waals surface area contributed by atoms with Crippen LogP contribution < -0.4 is 5.32 Å². The fraction of sp³-hybridized carbons (Fsp3) is 0.357. The Morgan fingerprint density at radius 3 is 2.31 bits per heavy atom. The minimum absolute atomic E-state index is 0.118. The van der Waals surface area contributed by atoms with E-state index in [4.69, 9.17) is 0 Å². The van der Waals surface area contributed by atoms with Gasteiger partial charge in [0.05, 0.1) is 5.54 Å². The van der Waals surface area contributed by atoms with Crippen LogP contribution in [0.2, 0.25) is 0 Å². The Balaban J connectivity index is 3.05. The molecule has 0 spiro atoms. The van der Waals surface area contributed by atoms with Crippen LogP contribution in [0, 0.1) is 0 Å². The van der Waals surface area contributed by atoms with Gasteiger partial charge in [0.1, 0.15) is 0 Å². The number of hydrogen-bond acceptors (Lipinski definition) is 1. The molecule has 0 aromatic heterocycles. The van der Waals surface area contributed by atoms with Crippen LogP contribution >= 0.6 is 0 Å². The molecular weight excluding hydrogens is 198 g/mol. The molecule has 0 bridgehead atoms. The number of carbonyl (C=O) groups excluding carboxylic acids is 1. The first-order chi connectivity index (χ1) is 7.68. The average Bonchev–Trinajstić information content (AvgIpc) is 2.37. The van der Waals surface area contributed by atoms with Crippen LogP contribution in [0.3, 0.4) is 0 Å². The van der Waals surface area contributed by atoms with Crippen LogP contribution in [0.25, 0.3) is 0 Å². The maximum absolute atomic E-state index is 11.5. The quantitative estimate of drug-likeness (QED) is 0.755. The second-order valence-corrected chi connectivity index (χ2v) is 3.85. The molecule has 0 unspecified atom stereocenters. The van der Waals surface area contributed by atoms with Crippen LogP contribution in [-0.2, 0) is 10.3 Å². The van der Waals surface area contributed by atoms with Crippen molar-refractivity contribution in [2.45, 2.75) is 32.2 Å². The van der Waals surface area contributed by atoms with Crippen molar-refractivity contribution in [3.8, 4) is 0 Å². The van der Waals surface area contributed by atoms with Gasteiger partial charge in [-0.05, 0) is 24.5 Å². The Hall–Kier alpha value is -1.57. The maximum Gasteiger partial charge on any atom is 0.244 e. The van der Waals surface area contributed by atoms with Gasteiger partial charge in [-0.3, -0.25) is 4.79 Å². The van der Waals surface area contributed by atoms with Crippen molar-refractivity contribution in [3.63, 3.8) is 0 Å². The summed E-state index contributed by atoms with van der Waals surface area (Å²) in [4.78, 5) is 11.5. The van der Waals surface area contributed by atoms with Crippen LogP contribution in [0.1, 0.15) is 32.3 Å². The van der Waals surface area contributed by atoms with Gasteiger partial charge in [0.2, 0.25) is 5.91 Å². The molecule has 0 aliphatic rings. The predicted octanol–water partition coefficient (Wildman–Crippen LogP) is 3.00. The number of carbonyl (C=O) groups is 1. The third-order valence-electron chi connectivity index (χ3n) is 3.08. The summed E-state index contributed by atoms with van der Waals surface area (Å²) in [7, 11) is 0. The van der Waals surface area contributed by atoms with Gasteiger partial charge >= 0.3 is 0 Å². The number of rotatable bonds is 5. The van der Waals surface area contributed by atoms with Crippen molar-refractivity contribution in [3.05, 3.63) is 48.6 Å². The van der Waals surface area contributed by atoms with Gasteiger partial charge in [0.25, 0.3) is 0 Å². The van der Waals surface area contributed by atoms with E-state index in [0.717, 1.165) is 18.4 Å². The van der Waals surface area contributed by atoms with E-state index < -0.39 is 0 Å². The topological polar surface area (TPSA) is 29.1 Å². The molecule has 0 saturated heterocycles. The Kier molecular flexibility index (Phi) is 4.29. The van der Waals surface area contributed by atoms with Gasteiger partial charge in [-0.15, -0.1) is 0 Å². The zero-order valence-corrected chi connectivity index (χ0v) is 9.99. The molecule has 1 rings (SSSR count). The monoisotopic (exact) mass is 217 g/mol. The Morgan fingerprint density at radius 2 is 1.88 bits per heavy atom. The van der Waals surface area contributed by atoms with Gasteiger partial charge in [-0.1, -0.05) is 50.8 Å². The first-order valence-corrected chi connectivity index (χ1v) is 5.68. The standard InChI is InChI=1S/C14H19NO/c1-4-13(16)15-14(5-2,6-3)12-10-8-7-9-11-12/h4,7-11H,1,5-6H2,2-3H3,(H,15,16). The van der Waals surface area contributed by atoms with E-state index in [1.165, 1.54) is 6.08 Å². The minimum atomic E-state index is -0.271. The highest BCUT2D eigenvalue weighted by molar-refractivity contribution is 5.87. The predicted molar refractivity (Wildman–Crippen MR) is 67.0 cm³/mol. The number of amides is 1. The Bertz CT molecular complexity index is 352. The molecule has 16 heavy (non-hydrogen) atoms. The number of hydrogen-bond donors (Lipinski definition) is 1. The van der Waals surface area contributed by atoms with Crippen LogP contribution in [0.15, 0.2) is 43.0 Å². The molecule has 86 valence electrons. The van der Waals surface area contributed by atoms with E-state index >= 15 is 0 Å². The first kappa shape index (κ1) is 12.5. The molecule has 1 aromatic carbocycles. The Labute approximate surface area is 97.4 Å². The second-order valence-electron chi connectivity index (χ2n) is 3.85. The summed E-state index contributed by atoms with van der Waals surface area (Å²) < 4.78 is 0. The van der Waals surface area contributed by atoms with Gasteiger partial charge in [-0.25, -0.2) is 0 Å². The lowest BCUT2D eigenvalue weighted by Crippen LogP contribution is -2.44. The highest BCUT2D eigenvalue weighted by Crippen LogP contribution is 2.28. The zero-order chi connectivity index (χ0) is 12.0. The molecule has 0 saturated carbocycles. The molecule has 2 nitrogen and oxygen atoms in total. The van der Waals surface area contributed by atoms with Gasteiger partial charge in [-0.2, -0.15) is 0 Å². The van der Waals surface area contributed by atoms with E-state index in [-0.39, 0.29) is 11.4 Å². The fourth-order valence-corrected chi connectivity index (χ4v) is 1.95. The molecule has 0 heterocycles.